The first-order chi connectivity index (χ1) is 6.65. The van der Waals surface area contributed by atoms with Gasteiger partial charge in [0.1, 0.15) is 6.33 Å². The fourth-order valence-corrected chi connectivity index (χ4v) is 2.98. The van der Waals surface area contributed by atoms with Crippen LogP contribution in [0.3, 0.4) is 0 Å². The minimum Gasteiger partial charge on any atom is -0.235 e. The Balaban J connectivity index is 2.87. The second-order valence-electron chi connectivity index (χ2n) is 2.53. The summed E-state index contributed by atoms with van der Waals surface area (Å²) in [6, 6.07) is 1.75. The molecule has 0 spiro atoms. The fourth-order valence-electron chi connectivity index (χ4n) is 1.05. The van der Waals surface area contributed by atoms with Gasteiger partial charge in [-0.2, -0.15) is 0 Å². The van der Waals surface area contributed by atoms with E-state index in [1.165, 1.54) is 17.7 Å². The monoisotopic (exact) mass is 226 g/mol. The lowest BCUT2D eigenvalue weighted by Gasteiger charge is -1.97. The number of hydrogen-bond donors (Lipinski definition) is 0. The van der Waals surface area contributed by atoms with Crippen LogP contribution in [0.15, 0.2) is 34.8 Å². The summed E-state index contributed by atoms with van der Waals surface area (Å²) in [6.07, 6.45) is 1.24. The van der Waals surface area contributed by atoms with E-state index in [1.807, 2.05) is 0 Å². The molecule has 0 radical (unpaired) electrons. The summed E-state index contributed by atoms with van der Waals surface area (Å²) in [5.41, 5.74) is 0.644. The second kappa shape index (κ2) is 3.14. The molecule has 72 valence electrons. The van der Waals surface area contributed by atoms with Crippen LogP contribution in [0, 0.1) is 0 Å². The van der Waals surface area contributed by atoms with Gasteiger partial charge in [-0.05, 0) is 11.4 Å². The summed E-state index contributed by atoms with van der Waals surface area (Å²) in [4.78, 5) is 7.71. The molecule has 6 heteroatoms. The Bertz CT molecular complexity index is 586. The summed E-state index contributed by atoms with van der Waals surface area (Å²) in [6.45, 7) is 3.26. The third-order valence-corrected chi connectivity index (χ3v) is 4.03. The predicted molar refractivity (Wildman–Crippen MR) is 54.8 cm³/mol. The maximum Gasteiger partial charge on any atom is 0.218 e. The zero-order valence-corrected chi connectivity index (χ0v) is 8.68. The van der Waals surface area contributed by atoms with Gasteiger partial charge in [-0.1, -0.05) is 6.58 Å². The molecule has 0 atom stereocenters. The first-order valence-corrected chi connectivity index (χ1v) is 6.13. The van der Waals surface area contributed by atoms with Crippen molar-refractivity contribution >= 4 is 31.4 Å². The van der Waals surface area contributed by atoms with E-state index in [0.717, 1.165) is 5.41 Å². The summed E-state index contributed by atoms with van der Waals surface area (Å²) >= 11 is 1.30. The van der Waals surface area contributed by atoms with E-state index >= 15 is 0 Å². The molecule has 2 heterocycles. The molecule has 0 fully saturated rings. The minimum absolute atomic E-state index is 0.0347. The molecule has 0 aliphatic heterocycles. The molecular weight excluding hydrogens is 220 g/mol. The van der Waals surface area contributed by atoms with Gasteiger partial charge in [0, 0.05) is 5.41 Å². The summed E-state index contributed by atoms with van der Waals surface area (Å²) in [5.74, 6) is 0. The van der Waals surface area contributed by atoms with Gasteiger partial charge in [0.25, 0.3) is 0 Å². The first kappa shape index (κ1) is 9.29. The van der Waals surface area contributed by atoms with Gasteiger partial charge < -0.3 is 0 Å². The molecule has 2 aromatic rings. The molecule has 14 heavy (non-hydrogen) atoms. The lowest BCUT2D eigenvalue weighted by molar-refractivity contribution is 0.602. The number of aromatic nitrogens is 2. The Hall–Kier alpha value is -1.27. The number of sulfone groups is 1. The van der Waals surface area contributed by atoms with Crippen LogP contribution in [0.1, 0.15) is 0 Å². The van der Waals surface area contributed by atoms with Crippen molar-refractivity contribution in [1.29, 1.82) is 0 Å². The average Bonchev–Trinajstić information content (AvgIpc) is 2.64. The third-order valence-electron chi connectivity index (χ3n) is 1.70. The van der Waals surface area contributed by atoms with E-state index in [2.05, 4.69) is 16.5 Å². The Kier molecular flexibility index (Phi) is 2.09. The number of fused-ring (bicyclic) bond motifs is 1. The van der Waals surface area contributed by atoms with Gasteiger partial charge in [-0.25, -0.2) is 18.4 Å². The van der Waals surface area contributed by atoms with Gasteiger partial charge in [-0.3, -0.25) is 0 Å². The molecule has 2 rings (SSSR count). The first-order valence-electron chi connectivity index (χ1n) is 3.71. The highest BCUT2D eigenvalue weighted by atomic mass is 32.2. The lowest BCUT2D eigenvalue weighted by atomic mass is 10.5. The van der Waals surface area contributed by atoms with Crippen molar-refractivity contribution in [3.8, 4) is 0 Å². The molecule has 0 aliphatic rings. The van der Waals surface area contributed by atoms with Crippen molar-refractivity contribution in [3.05, 3.63) is 29.8 Å². The van der Waals surface area contributed by atoms with E-state index in [0.29, 0.717) is 10.2 Å². The van der Waals surface area contributed by atoms with Crippen LogP contribution >= 0.6 is 11.3 Å². The molecule has 0 bridgehead atoms. The molecule has 0 N–H and O–H groups in total. The Labute approximate surface area is 84.9 Å². The van der Waals surface area contributed by atoms with Crippen LogP contribution in [0.5, 0.6) is 0 Å². The molecular formula is C8H6N2O2S2. The standard InChI is InChI=1S/C8H6N2O2S2/c1-2-14(11,12)8-7-6(3-4-13-7)9-5-10-8/h2-5H,1H2. The molecule has 4 nitrogen and oxygen atoms in total. The van der Waals surface area contributed by atoms with E-state index in [1.54, 1.807) is 11.4 Å². The Morgan fingerprint density at radius 1 is 1.43 bits per heavy atom. The fraction of sp³-hybridized carbons (Fsp3) is 0. The van der Waals surface area contributed by atoms with Crippen LogP contribution in [0.2, 0.25) is 0 Å². The van der Waals surface area contributed by atoms with Crippen molar-refractivity contribution in [2.24, 2.45) is 0 Å². The zero-order chi connectivity index (χ0) is 10.2. The predicted octanol–water partition coefficient (Wildman–Crippen LogP) is 1.61. The van der Waals surface area contributed by atoms with Gasteiger partial charge in [0.2, 0.25) is 9.84 Å². The highest BCUT2D eigenvalue weighted by molar-refractivity contribution is 7.94. The SMILES string of the molecule is C=CS(=O)(=O)c1ncnc2ccsc12. The van der Waals surface area contributed by atoms with Crippen LogP contribution in [0.25, 0.3) is 10.2 Å². The van der Waals surface area contributed by atoms with E-state index in [-0.39, 0.29) is 5.03 Å². The Morgan fingerprint density at radius 2 is 2.21 bits per heavy atom. The minimum atomic E-state index is -3.47. The summed E-state index contributed by atoms with van der Waals surface area (Å²) in [5, 5.41) is 2.71. The van der Waals surface area contributed by atoms with Gasteiger partial charge in [0.05, 0.1) is 10.2 Å². The number of rotatable bonds is 2. The number of thiophene rings is 1. The maximum atomic E-state index is 11.5. The Morgan fingerprint density at radius 3 is 2.93 bits per heavy atom. The summed E-state index contributed by atoms with van der Waals surface area (Å²) < 4.78 is 23.6. The second-order valence-corrected chi connectivity index (χ2v) is 5.25. The van der Waals surface area contributed by atoms with Gasteiger partial charge >= 0.3 is 0 Å². The van der Waals surface area contributed by atoms with E-state index < -0.39 is 9.84 Å². The molecule has 0 saturated heterocycles. The quantitative estimate of drug-likeness (QED) is 0.730. The number of hydrogen-bond acceptors (Lipinski definition) is 5. The topological polar surface area (TPSA) is 59.9 Å². The summed E-state index contributed by atoms with van der Waals surface area (Å²) in [7, 11) is -3.47. The molecule has 0 saturated carbocycles. The van der Waals surface area contributed by atoms with Crippen LogP contribution < -0.4 is 0 Å². The number of nitrogens with zero attached hydrogens (tertiary/aromatic N) is 2. The van der Waals surface area contributed by atoms with Crippen LogP contribution in [0.4, 0.5) is 0 Å². The van der Waals surface area contributed by atoms with E-state index in [4.69, 9.17) is 0 Å². The lowest BCUT2D eigenvalue weighted by Crippen LogP contribution is -1.99. The van der Waals surface area contributed by atoms with E-state index in [9.17, 15) is 8.42 Å². The normalized spacial score (nSPS) is 11.7. The molecule has 2 aromatic heterocycles. The van der Waals surface area contributed by atoms with Gasteiger partial charge in [0.15, 0.2) is 5.03 Å². The van der Waals surface area contributed by atoms with Crippen LogP contribution in [-0.4, -0.2) is 18.4 Å². The van der Waals surface area contributed by atoms with Crippen molar-refractivity contribution in [3.63, 3.8) is 0 Å². The third kappa shape index (κ3) is 1.32. The maximum absolute atomic E-state index is 11.5. The molecule has 0 aromatic carbocycles. The zero-order valence-electron chi connectivity index (χ0n) is 7.04. The molecule has 0 amide bonds. The molecule has 0 aliphatic carbocycles. The smallest absolute Gasteiger partial charge is 0.218 e. The average molecular weight is 226 g/mol. The largest absolute Gasteiger partial charge is 0.235 e. The highest BCUT2D eigenvalue weighted by Gasteiger charge is 2.16. The van der Waals surface area contributed by atoms with Gasteiger partial charge in [-0.15, -0.1) is 11.3 Å². The van der Waals surface area contributed by atoms with Crippen molar-refractivity contribution in [1.82, 2.24) is 9.97 Å². The van der Waals surface area contributed by atoms with Crippen molar-refractivity contribution in [2.45, 2.75) is 5.03 Å². The van der Waals surface area contributed by atoms with Crippen molar-refractivity contribution < 1.29 is 8.42 Å². The van der Waals surface area contributed by atoms with Crippen LogP contribution in [-0.2, 0) is 9.84 Å². The molecule has 0 unspecified atom stereocenters. The van der Waals surface area contributed by atoms with Crippen molar-refractivity contribution in [2.75, 3.05) is 0 Å². The highest BCUT2D eigenvalue weighted by Crippen LogP contribution is 2.25.